The van der Waals surface area contributed by atoms with Gasteiger partial charge in [0.15, 0.2) is 6.10 Å². The molecule has 1 fully saturated rings. The lowest BCUT2D eigenvalue weighted by Gasteiger charge is -2.23. The molecule has 0 heterocycles. The fourth-order valence-electron chi connectivity index (χ4n) is 2.78. The first-order valence-corrected chi connectivity index (χ1v) is 6.05. The van der Waals surface area contributed by atoms with Crippen LogP contribution in [0.5, 0.6) is 0 Å². The Morgan fingerprint density at radius 3 is 2.71 bits per heavy atom. The average Bonchev–Trinajstić information content (AvgIpc) is 2.87. The molecule has 1 saturated carbocycles. The average molecular weight is 234 g/mol. The fraction of sp³-hybridized carbons (Fsp3) is 0.500. The highest BCUT2D eigenvalue weighted by Gasteiger charge is 2.37. The summed E-state index contributed by atoms with van der Waals surface area (Å²) in [5.74, 6) is -0.256. The van der Waals surface area contributed by atoms with Crippen molar-refractivity contribution in [2.75, 3.05) is 7.11 Å². The van der Waals surface area contributed by atoms with Gasteiger partial charge >= 0.3 is 5.97 Å². The third-order valence-corrected chi connectivity index (χ3v) is 3.65. The third-order valence-electron chi connectivity index (χ3n) is 3.65. The summed E-state index contributed by atoms with van der Waals surface area (Å²) in [6.07, 6.45) is 1.98. The van der Waals surface area contributed by atoms with Gasteiger partial charge in [0.2, 0.25) is 0 Å². The standard InChI is InChI=1S/C14H18O3/c1-17-14(16)13(15)12-9-5-8-11(12)10-6-3-2-4-7-10/h2-4,6-7,11-13,15H,5,8-9H2,1H3. The molecular weight excluding hydrogens is 216 g/mol. The zero-order valence-electron chi connectivity index (χ0n) is 10.0. The number of ether oxygens (including phenoxy) is 1. The van der Waals surface area contributed by atoms with Gasteiger partial charge in [0.05, 0.1) is 7.11 Å². The second-order valence-electron chi connectivity index (χ2n) is 4.58. The van der Waals surface area contributed by atoms with Gasteiger partial charge in [-0.25, -0.2) is 4.79 Å². The predicted octanol–water partition coefficient (Wildman–Crippen LogP) is 2.10. The normalized spacial score (nSPS) is 25.5. The molecule has 3 nitrogen and oxygen atoms in total. The first kappa shape index (κ1) is 12.1. The van der Waals surface area contributed by atoms with Gasteiger partial charge in [0, 0.05) is 5.92 Å². The van der Waals surface area contributed by atoms with Crippen LogP contribution in [0.25, 0.3) is 0 Å². The first-order valence-electron chi connectivity index (χ1n) is 6.05. The summed E-state index contributed by atoms with van der Waals surface area (Å²) in [6.45, 7) is 0. The minimum Gasteiger partial charge on any atom is -0.467 e. The van der Waals surface area contributed by atoms with Crippen LogP contribution >= 0.6 is 0 Å². The molecule has 1 N–H and O–H groups in total. The highest BCUT2D eigenvalue weighted by atomic mass is 16.5. The molecule has 1 aliphatic carbocycles. The van der Waals surface area contributed by atoms with E-state index >= 15 is 0 Å². The van der Waals surface area contributed by atoms with Crippen molar-refractivity contribution >= 4 is 5.97 Å². The molecule has 0 aliphatic heterocycles. The van der Waals surface area contributed by atoms with Gasteiger partial charge < -0.3 is 9.84 Å². The highest BCUT2D eigenvalue weighted by Crippen LogP contribution is 2.41. The smallest absolute Gasteiger partial charge is 0.334 e. The van der Waals surface area contributed by atoms with Crippen LogP contribution in [0.1, 0.15) is 30.7 Å². The van der Waals surface area contributed by atoms with Crippen LogP contribution < -0.4 is 0 Å². The number of methoxy groups -OCH3 is 1. The van der Waals surface area contributed by atoms with Gasteiger partial charge in [0.1, 0.15) is 0 Å². The Kier molecular flexibility index (Phi) is 3.79. The first-order chi connectivity index (χ1) is 8.24. The van der Waals surface area contributed by atoms with Crippen LogP contribution in [-0.4, -0.2) is 24.3 Å². The van der Waals surface area contributed by atoms with E-state index in [4.69, 9.17) is 0 Å². The van der Waals surface area contributed by atoms with Crippen LogP contribution in [-0.2, 0) is 9.53 Å². The largest absolute Gasteiger partial charge is 0.467 e. The van der Waals surface area contributed by atoms with E-state index in [-0.39, 0.29) is 11.8 Å². The molecule has 17 heavy (non-hydrogen) atoms. The number of benzene rings is 1. The summed E-state index contributed by atoms with van der Waals surface area (Å²) < 4.78 is 4.62. The molecular formula is C14H18O3. The van der Waals surface area contributed by atoms with Crippen LogP contribution in [0, 0.1) is 5.92 Å². The molecule has 0 spiro atoms. The summed E-state index contributed by atoms with van der Waals surface area (Å²) in [6, 6.07) is 10.1. The Labute approximate surface area is 101 Å². The van der Waals surface area contributed by atoms with Crippen molar-refractivity contribution in [3.8, 4) is 0 Å². The summed E-state index contributed by atoms with van der Waals surface area (Å²) >= 11 is 0. The lowest BCUT2D eigenvalue weighted by Crippen LogP contribution is -2.32. The van der Waals surface area contributed by atoms with Gasteiger partial charge in [-0.05, 0) is 24.3 Å². The Bertz CT molecular complexity index is 374. The number of hydrogen-bond donors (Lipinski definition) is 1. The van der Waals surface area contributed by atoms with E-state index in [2.05, 4.69) is 16.9 Å². The van der Waals surface area contributed by atoms with Gasteiger partial charge in [-0.15, -0.1) is 0 Å². The number of hydrogen-bond acceptors (Lipinski definition) is 3. The summed E-state index contributed by atoms with van der Waals surface area (Å²) in [5, 5.41) is 9.97. The summed E-state index contributed by atoms with van der Waals surface area (Å²) in [4.78, 5) is 11.4. The molecule has 0 bridgehead atoms. The van der Waals surface area contributed by atoms with Crippen molar-refractivity contribution in [3.63, 3.8) is 0 Å². The molecule has 0 aromatic heterocycles. The van der Waals surface area contributed by atoms with Gasteiger partial charge in [0.25, 0.3) is 0 Å². The molecule has 3 heteroatoms. The molecule has 1 aromatic rings. The molecule has 3 unspecified atom stereocenters. The minimum absolute atomic E-state index is 0.00940. The maximum Gasteiger partial charge on any atom is 0.334 e. The zero-order valence-corrected chi connectivity index (χ0v) is 10.0. The van der Waals surface area contributed by atoms with Crippen LogP contribution in [0.4, 0.5) is 0 Å². The molecule has 0 amide bonds. The Morgan fingerprint density at radius 1 is 1.35 bits per heavy atom. The lowest BCUT2D eigenvalue weighted by molar-refractivity contribution is -0.153. The number of aliphatic hydroxyl groups excluding tert-OH is 1. The van der Waals surface area contributed by atoms with E-state index < -0.39 is 12.1 Å². The van der Waals surface area contributed by atoms with E-state index in [1.54, 1.807) is 0 Å². The predicted molar refractivity (Wildman–Crippen MR) is 64.5 cm³/mol. The van der Waals surface area contributed by atoms with Crippen LogP contribution in [0.15, 0.2) is 30.3 Å². The van der Waals surface area contributed by atoms with E-state index in [1.165, 1.54) is 12.7 Å². The Morgan fingerprint density at radius 2 is 2.06 bits per heavy atom. The van der Waals surface area contributed by atoms with E-state index in [0.717, 1.165) is 19.3 Å². The summed E-state index contributed by atoms with van der Waals surface area (Å²) in [5.41, 5.74) is 1.21. The number of rotatable bonds is 3. The molecule has 2 rings (SSSR count). The monoisotopic (exact) mass is 234 g/mol. The van der Waals surface area contributed by atoms with Crippen molar-refractivity contribution in [2.45, 2.75) is 31.3 Å². The fourth-order valence-corrected chi connectivity index (χ4v) is 2.78. The van der Waals surface area contributed by atoms with E-state index in [9.17, 15) is 9.90 Å². The van der Waals surface area contributed by atoms with Crippen molar-refractivity contribution in [1.29, 1.82) is 0 Å². The maximum absolute atomic E-state index is 11.4. The Hall–Kier alpha value is -1.35. The Balaban J connectivity index is 2.15. The minimum atomic E-state index is -0.993. The van der Waals surface area contributed by atoms with Gasteiger partial charge in [-0.2, -0.15) is 0 Å². The molecule has 0 saturated heterocycles. The maximum atomic E-state index is 11.4. The van der Waals surface area contributed by atoms with E-state index in [0.29, 0.717) is 0 Å². The number of carbonyl (C=O) groups is 1. The van der Waals surface area contributed by atoms with Crippen LogP contribution in [0.2, 0.25) is 0 Å². The molecule has 1 aromatic carbocycles. The number of esters is 1. The molecule has 0 radical (unpaired) electrons. The van der Waals surface area contributed by atoms with Crippen molar-refractivity contribution in [3.05, 3.63) is 35.9 Å². The van der Waals surface area contributed by atoms with Gasteiger partial charge in [-0.1, -0.05) is 36.8 Å². The molecule has 1 aliphatic rings. The van der Waals surface area contributed by atoms with Crippen molar-refractivity contribution < 1.29 is 14.6 Å². The second-order valence-corrected chi connectivity index (χ2v) is 4.58. The van der Waals surface area contributed by atoms with Crippen molar-refractivity contribution in [1.82, 2.24) is 0 Å². The van der Waals surface area contributed by atoms with E-state index in [1.807, 2.05) is 18.2 Å². The number of carbonyl (C=O) groups excluding carboxylic acids is 1. The zero-order chi connectivity index (χ0) is 12.3. The molecule has 3 atom stereocenters. The number of aliphatic hydroxyl groups is 1. The second kappa shape index (κ2) is 5.32. The SMILES string of the molecule is COC(=O)C(O)C1CCCC1c1ccccc1. The topological polar surface area (TPSA) is 46.5 Å². The highest BCUT2D eigenvalue weighted by molar-refractivity contribution is 5.74. The van der Waals surface area contributed by atoms with Crippen LogP contribution in [0.3, 0.4) is 0 Å². The quantitative estimate of drug-likeness (QED) is 0.815. The van der Waals surface area contributed by atoms with Crippen molar-refractivity contribution in [2.24, 2.45) is 5.92 Å². The third kappa shape index (κ3) is 2.50. The summed E-state index contributed by atoms with van der Waals surface area (Å²) in [7, 11) is 1.32. The van der Waals surface area contributed by atoms with Gasteiger partial charge in [-0.3, -0.25) is 0 Å². The lowest BCUT2D eigenvalue weighted by atomic mass is 9.85. The molecule has 92 valence electrons.